The first-order valence-corrected chi connectivity index (χ1v) is 8.17. The van der Waals surface area contributed by atoms with Gasteiger partial charge in [0.25, 0.3) is 5.91 Å². The van der Waals surface area contributed by atoms with Gasteiger partial charge in [0.05, 0.1) is 12.7 Å². The summed E-state index contributed by atoms with van der Waals surface area (Å²) in [6, 6.07) is 5.82. The highest BCUT2D eigenvalue weighted by Gasteiger charge is 2.24. The summed E-state index contributed by atoms with van der Waals surface area (Å²) >= 11 is 9.06. The van der Waals surface area contributed by atoms with Gasteiger partial charge in [-0.05, 0) is 43.5 Å². The molecule has 0 radical (unpaired) electrons. The van der Waals surface area contributed by atoms with Gasteiger partial charge in [-0.25, -0.2) is 0 Å². The van der Waals surface area contributed by atoms with Gasteiger partial charge in [0.15, 0.2) is 0 Å². The maximum atomic E-state index is 12.5. The van der Waals surface area contributed by atoms with Gasteiger partial charge in [-0.3, -0.25) is 4.79 Å². The fourth-order valence-corrected chi connectivity index (χ4v) is 3.18. The van der Waals surface area contributed by atoms with Crippen LogP contribution in [0.2, 0.25) is 0 Å². The van der Waals surface area contributed by atoms with Crippen LogP contribution in [0, 0.1) is 6.92 Å². The number of halogens is 2. The Hall–Kier alpha value is -0.580. The predicted octanol–water partition coefficient (Wildman–Crippen LogP) is 3.62. The number of piperidine rings is 1. The molecule has 0 N–H and O–H groups in total. The van der Waals surface area contributed by atoms with E-state index in [2.05, 4.69) is 15.9 Å². The minimum absolute atomic E-state index is 0.102. The molecule has 1 aliphatic rings. The largest absolute Gasteiger partial charge is 0.377 e. The first-order valence-electron chi connectivity index (χ1n) is 6.84. The fourth-order valence-electron chi connectivity index (χ4n) is 2.48. The Morgan fingerprint density at radius 1 is 1.40 bits per heavy atom. The highest BCUT2D eigenvalue weighted by molar-refractivity contribution is 9.10. The lowest BCUT2D eigenvalue weighted by molar-refractivity contribution is 0.0154. The molecule has 0 unspecified atom stereocenters. The third-order valence-electron chi connectivity index (χ3n) is 3.45. The second-order valence-electron chi connectivity index (χ2n) is 5.07. The number of aryl methyl sites for hydroxylation is 1. The standard InChI is InChI=1S/C15H19BrClNO2/c1-11-8-12(10-13(16)9-11)15(19)18-5-2-14(3-6-18)20-7-4-17/h8-10,14H,2-7H2,1H3. The molecular formula is C15H19BrClNO2. The second-order valence-corrected chi connectivity index (χ2v) is 6.36. The Morgan fingerprint density at radius 2 is 2.10 bits per heavy atom. The Balaban J connectivity index is 1.94. The van der Waals surface area contributed by atoms with E-state index in [1.807, 2.05) is 30.0 Å². The summed E-state index contributed by atoms with van der Waals surface area (Å²) in [5, 5.41) is 0. The van der Waals surface area contributed by atoms with Gasteiger partial charge in [0, 0.05) is 29.0 Å². The summed E-state index contributed by atoms with van der Waals surface area (Å²) in [6.07, 6.45) is 2.01. The monoisotopic (exact) mass is 359 g/mol. The number of hydrogen-bond acceptors (Lipinski definition) is 2. The van der Waals surface area contributed by atoms with Crippen molar-refractivity contribution in [1.29, 1.82) is 0 Å². The molecule has 1 heterocycles. The van der Waals surface area contributed by atoms with Crippen molar-refractivity contribution < 1.29 is 9.53 Å². The van der Waals surface area contributed by atoms with Crippen LogP contribution < -0.4 is 0 Å². The zero-order valence-electron chi connectivity index (χ0n) is 11.6. The summed E-state index contributed by atoms with van der Waals surface area (Å²) in [6.45, 7) is 4.08. The number of alkyl halides is 1. The van der Waals surface area contributed by atoms with Crippen LogP contribution in [0.4, 0.5) is 0 Å². The van der Waals surface area contributed by atoms with Crippen molar-refractivity contribution in [2.75, 3.05) is 25.6 Å². The Bertz CT molecular complexity index is 453. The van der Waals surface area contributed by atoms with E-state index in [4.69, 9.17) is 16.3 Å². The number of carbonyl (C=O) groups excluding carboxylic acids is 1. The lowest BCUT2D eigenvalue weighted by atomic mass is 10.1. The molecule has 0 aromatic heterocycles. The smallest absolute Gasteiger partial charge is 0.253 e. The second kappa shape index (κ2) is 7.43. The first-order chi connectivity index (χ1) is 9.60. The van der Waals surface area contributed by atoms with Gasteiger partial charge in [-0.2, -0.15) is 0 Å². The molecule has 0 saturated carbocycles. The Kier molecular flexibility index (Phi) is 5.87. The van der Waals surface area contributed by atoms with E-state index >= 15 is 0 Å². The topological polar surface area (TPSA) is 29.5 Å². The number of rotatable bonds is 4. The lowest BCUT2D eigenvalue weighted by Crippen LogP contribution is -2.41. The molecule has 1 amide bonds. The number of hydrogen-bond donors (Lipinski definition) is 0. The van der Waals surface area contributed by atoms with Crippen LogP contribution in [0.15, 0.2) is 22.7 Å². The van der Waals surface area contributed by atoms with E-state index < -0.39 is 0 Å². The van der Waals surface area contributed by atoms with E-state index in [0.29, 0.717) is 12.5 Å². The van der Waals surface area contributed by atoms with Crippen molar-refractivity contribution in [2.45, 2.75) is 25.9 Å². The third-order valence-corrected chi connectivity index (χ3v) is 4.06. The van der Waals surface area contributed by atoms with Gasteiger partial charge in [0.1, 0.15) is 0 Å². The number of amides is 1. The fraction of sp³-hybridized carbons (Fsp3) is 0.533. The summed E-state index contributed by atoms with van der Waals surface area (Å²) < 4.78 is 6.57. The van der Waals surface area contributed by atoms with Crippen molar-refractivity contribution in [3.05, 3.63) is 33.8 Å². The third kappa shape index (κ3) is 4.21. The van der Waals surface area contributed by atoms with Crippen molar-refractivity contribution in [3.8, 4) is 0 Å². The van der Waals surface area contributed by atoms with Gasteiger partial charge in [0.2, 0.25) is 0 Å². The van der Waals surface area contributed by atoms with E-state index in [9.17, 15) is 4.79 Å². The van der Waals surface area contributed by atoms with Gasteiger partial charge >= 0.3 is 0 Å². The minimum atomic E-state index is 0.102. The molecule has 1 aromatic carbocycles. The van der Waals surface area contributed by atoms with Crippen molar-refractivity contribution in [2.24, 2.45) is 0 Å². The zero-order chi connectivity index (χ0) is 14.5. The lowest BCUT2D eigenvalue weighted by Gasteiger charge is -2.32. The summed E-state index contributed by atoms with van der Waals surface area (Å²) in [7, 11) is 0. The highest BCUT2D eigenvalue weighted by Crippen LogP contribution is 2.20. The molecule has 20 heavy (non-hydrogen) atoms. The summed E-state index contributed by atoms with van der Waals surface area (Å²) in [5.41, 5.74) is 1.83. The molecule has 1 fully saturated rings. The van der Waals surface area contributed by atoms with E-state index in [0.717, 1.165) is 41.5 Å². The normalized spacial score (nSPS) is 16.4. The predicted molar refractivity (Wildman–Crippen MR) is 84.5 cm³/mol. The maximum Gasteiger partial charge on any atom is 0.253 e. The SMILES string of the molecule is Cc1cc(Br)cc(C(=O)N2CCC(OCCCl)CC2)c1. The number of likely N-dealkylation sites (tertiary alicyclic amines) is 1. The highest BCUT2D eigenvalue weighted by atomic mass is 79.9. The molecule has 1 aliphatic heterocycles. The molecule has 0 bridgehead atoms. The first kappa shape index (κ1) is 15.8. The van der Waals surface area contributed by atoms with Crippen molar-refractivity contribution in [3.63, 3.8) is 0 Å². The molecular weight excluding hydrogens is 342 g/mol. The van der Waals surface area contributed by atoms with Crippen LogP contribution in [0.1, 0.15) is 28.8 Å². The van der Waals surface area contributed by atoms with Crippen LogP contribution in [0.25, 0.3) is 0 Å². The number of ether oxygens (including phenoxy) is 1. The Morgan fingerprint density at radius 3 is 2.70 bits per heavy atom. The van der Waals surface area contributed by atoms with Crippen LogP contribution in [0.3, 0.4) is 0 Å². The number of nitrogens with zero attached hydrogens (tertiary/aromatic N) is 1. The molecule has 5 heteroatoms. The quantitative estimate of drug-likeness (QED) is 0.768. The van der Waals surface area contributed by atoms with E-state index in [1.165, 1.54) is 0 Å². The Labute approximate surface area is 133 Å². The van der Waals surface area contributed by atoms with E-state index in [1.54, 1.807) is 0 Å². The number of carbonyl (C=O) groups is 1. The average Bonchev–Trinajstić information content (AvgIpc) is 2.44. The van der Waals surface area contributed by atoms with Crippen molar-refractivity contribution >= 4 is 33.4 Å². The van der Waals surface area contributed by atoms with Crippen molar-refractivity contribution in [1.82, 2.24) is 4.90 Å². The molecule has 110 valence electrons. The molecule has 1 saturated heterocycles. The molecule has 0 atom stereocenters. The summed E-state index contributed by atoms with van der Waals surface area (Å²) in [4.78, 5) is 14.4. The molecule has 2 rings (SSSR count). The molecule has 0 aliphatic carbocycles. The van der Waals surface area contributed by atoms with Crippen LogP contribution in [0.5, 0.6) is 0 Å². The van der Waals surface area contributed by atoms with Crippen LogP contribution in [-0.2, 0) is 4.74 Å². The van der Waals surface area contributed by atoms with Crippen LogP contribution >= 0.6 is 27.5 Å². The van der Waals surface area contributed by atoms with Crippen LogP contribution in [-0.4, -0.2) is 42.5 Å². The minimum Gasteiger partial charge on any atom is -0.377 e. The molecule has 1 aromatic rings. The molecule has 0 spiro atoms. The average molecular weight is 361 g/mol. The van der Waals surface area contributed by atoms with Gasteiger partial charge in [-0.15, -0.1) is 11.6 Å². The van der Waals surface area contributed by atoms with Gasteiger partial charge < -0.3 is 9.64 Å². The maximum absolute atomic E-state index is 12.5. The van der Waals surface area contributed by atoms with E-state index in [-0.39, 0.29) is 12.0 Å². The number of benzene rings is 1. The summed E-state index contributed by atoms with van der Waals surface area (Å²) in [5.74, 6) is 0.626. The van der Waals surface area contributed by atoms with Gasteiger partial charge in [-0.1, -0.05) is 15.9 Å². The molecule has 3 nitrogen and oxygen atoms in total. The zero-order valence-corrected chi connectivity index (χ0v) is 13.9.